The number of phenols is 1. The Bertz CT molecular complexity index is 385. The van der Waals surface area contributed by atoms with Crippen molar-refractivity contribution in [2.24, 2.45) is 0 Å². The number of phenolic OH excluding ortho intramolecular Hbond substituents is 1. The van der Waals surface area contributed by atoms with Gasteiger partial charge in [0.15, 0.2) is 5.78 Å². The topological polar surface area (TPSA) is 54.4 Å². The highest BCUT2D eigenvalue weighted by molar-refractivity contribution is 7.85. The molecule has 1 rings (SSSR count). The van der Waals surface area contributed by atoms with E-state index in [0.29, 0.717) is 5.56 Å². The Morgan fingerprint density at radius 3 is 2.64 bits per heavy atom. The third-order valence-electron chi connectivity index (χ3n) is 1.87. The van der Waals surface area contributed by atoms with Crippen LogP contribution < -0.4 is 0 Å². The van der Waals surface area contributed by atoms with Crippen LogP contribution in [-0.2, 0) is 10.8 Å². The molecule has 0 aliphatic heterocycles. The van der Waals surface area contributed by atoms with E-state index < -0.39 is 10.8 Å². The maximum absolute atomic E-state index is 11.4. The maximum Gasteiger partial charge on any atom is 0.175 e. The average molecular weight is 212 g/mol. The van der Waals surface area contributed by atoms with Crippen LogP contribution in [0.2, 0.25) is 0 Å². The van der Waals surface area contributed by atoms with E-state index in [1.807, 2.05) is 0 Å². The minimum absolute atomic E-state index is 0.00248. The molecule has 0 radical (unpaired) electrons. The quantitative estimate of drug-likeness (QED) is 0.767. The highest BCUT2D eigenvalue weighted by atomic mass is 32.2. The largest absolute Gasteiger partial charge is 0.508 e. The molecular weight excluding hydrogens is 200 g/mol. The number of carbonyl (C=O) groups excluding carboxylic acids is 1. The second kappa shape index (κ2) is 4.37. The van der Waals surface area contributed by atoms with Gasteiger partial charge in [0.2, 0.25) is 0 Å². The first-order valence-corrected chi connectivity index (χ1v) is 5.86. The summed E-state index contributed by atoms with van der Waals surface area (Å²) in [6, 6.07) is 4.70. The second-order valence-electron chi connectivity index (χ2n) is 3.14. The van der Waals surface area contributed by atoms with Gasteiger partial charge in [-0.1, -0.05) is 12.1 Å². The Labute approximate surface area is 85.2 Å². The van der Waals surface area contributed by atoms with Gasteiger partial charge < -0.3 is 5.11 Å². The molecular formula is C10H12O3S. The molecule has 76 valence electrons. The molecule has 1 aromatic rings. The van der Waals surface area contributed by atoms with Crippen molar-refractivity contribution >= 4 is 16.6 Å². The normalized spacial score (nSPS) is 12.4. The highest BCUT2D eigenvalue weighted by Gasteiger charge is 2.09. The fourth-order valence-corrected chi connectivity index (χ4v) is 1.59. The number of hydrogen-bond acceptors (Lipinski definition) is 3. The van der Waals surface area contributed by atoms with Crippen LogP contribution in [0.1, 0.15) is 15.9 Å². The van der Waals surface area contributed by atoms with E-state index in [2.05, 4.69) is 0 Å². The summed E-state index contributed by atoms with van der Waals surface area (Å²) in [5, 5.41) is 9.36. The van der Waals surface area contributed by atoms with Gasteiger partial charge >= 0.3 is 0 Å². The molecule has 1 N–H and O–H groups in total. The van der Waals surface area contributed by atoms with Gasteiger partial charge in [-0.2, -0.15) is 0 Å². The van der Waals surface area contributed by atoms with Crippen LogP contribution >= 0.6 is 0 Å². The number of ketones is 1. The van der Waals surface area contributed by atoms with Gasteiger partial charge in [0.25, 0.3) is 0 Å². The molecule has 0 fully saturated rings. The smallest absolute Gasteiger partial charge is 0.175 e. The number of aromatic hydroxyl groups is 1. The molecule has 3 nitrogen and oxygen atoms in total. The number of carbonyl (C=O) groups is 1. The van der Waals surface area contributed by atoms with Gasteiger partial charge in [-0.25, -0.2) is 0 Å². The molecule has 0 saturated carbocycles. The fourth-order valence-electron chi connectivity index (χ4n) is 1.05. The summed E-state index contributed by atoms with van der Waals surface area (Å²) >= 11 is 0. The van der Waals surface area contributed by atoms with Gasteiger partial charge in [0, 0.05) is 22.6 Å². The molecule has 0 aliphatic rings. The summed E-state index contributed by atoms with van der Waals surface area (Å²) < 4.78 is 10.8. The minimum atomic E-state index is -1.14. The number of aryl methyl sites for hydroxylation is 1. The van der Waals surface area contributed by atoms with Crippen LogP contribution in [0.3, 0.4) is 0 Å². The second-order valence-corrected chi connectivity index (χ2v) is 4.58. The summed E-state index contributed by atoms with van der Waals surface area (Å²) in [6.07, 6.45) is 1.48. The monoisotopic (exact) mass is 212 g/mol. The number of rotatable bonds is 3. The van der Waals surface area contributed by atoms with E-state index in [0.717, 1.165) is 5.56 Å². The van der Waals surface area contributed by atoms with Crippen LogP contribution in [0.15, 0.2) is 18.2 Å². The van der Waals surface area contributed by atoms with Crippen molar-refractivity contribution in [1.82, 2.24) is 0 Å². The van der Waals surface area contributed by atoms with Crippen LogP contribution in [0.5, 0.6) is 5.75 Å². The first kappa shape index (κ1) is 10.9. The molecule has 1 atom stereocenters. The molecule has 0 bridgehead atoms. The van der Waals surface area contributed by atoms with E-state index in [4.69, 9.17) is 0 Å². The van der Waals surface area contributed by atoms with Gasteiger partial charge in [-0.05, 0) is 18.6 Å². The first-order valence-electron chi connectivity index (χ1n) is 4.13. The number of benzene rings is 1. The standard InChI is InChI=1S/C10H12O3S/c1-7-3-4-8(5-9(7)11)10(12)6-14(2)13/h3-5,11H,6H2,1-2H3. The van der Waals surface area contributed by atoms with Crippen LogP contribution in [0.25, 0.3) is 0 Å². The summed E-state index contributed by atoms with van der Waals surface area (Å²) in [7, 11) is -1.14. The third-order valence-corrected chi connectivity index (χ3v) is 2.53. The van der Waals surface area contributed by atoms with Gasteiger partial charge in [0.1, 0.15) is 5.75 Å². The zero-order valence-electron chi connectivity index (χ0n) is 8.11. The Morgan fingerprint density at radius 2 is 2.14 bits per heavy atom. The minimum Gasteiger partial charge on any atom is -0.508 e. The van der Waals surface area contributed by atoms with Crippen LogP contribution in [0, 0.1) is 6.92 Å². The van der Waals surface area contributed by atoms with E-state index in [-0.39, 0.29) is 17.3 Å². The molecule has 0 amide bonds. The maximum atomic E-state index is 11.4. The Morgan fingerprint density at radius 1 is 1.50 bits per heavy atom. The van der Waals surface area contributed by atoms with Crippen molar-refractivity contribution in [1.29, 1.82) is 0 Å². The van der Waals surface area contributed by atoms with E-state index in [9.17, 15) is 14.1 Å². The Kier molecular flexibility index (Phi) is 3.41. The highest BCUT2D eigenvalue weighted by Crippen LogP contribution is 2.17. The summed E-state index contributed by atoms with van der Waals surface area (Å²) in [6.45, 7) is 1.75. The number of Topliss-reactive ketones (excluding diaryl/α,β-unsaturated/α-hetero) is 1. The van der Waals surface area contributed by atoms with Crippen molar-refractivity contribution in [3.05, 3.63) is 29.3 Å². The van der Waals surface area contributed by atoms with E-state index in [1.54, 1.807) is 19.1 Å². The molecule has 0 aromatic heterocycles. The number of hydrogen-bond donors (Lipinski definition) is 1. The molecule has 1 aromatic carbocycles. The van der Waals surface area contributed by atoms with Crippen LogP contribution in [0.4, 0.5) is 0 Å². The Hall–Kier alpha value is -1.16. The van der Waals surface area contributed by atoms with Gasteiger partial charge in [-0.15, -0.1) is 0 Å². The predicted octanol–water partition coefficient (Wildman–Crippen LogP) is 1.26. The molecule has 0 spiro atoms. The lowest BCUT2D eigenvalue weighted by molar-refractivity contribution is 0.102. The van der Waals surface area contributed by atoms with Crippen LogP contribution in [-0.4, -0.2) is 27.1 Å². The van der Waals surface area contributed by atoms with E-state index >= 15 is 0 Å². The first-order chi connectivity index (χ1) is 6.50. The molecule has 0 heterocycles. The molecule has 0 aliphatic carbocycles. The summed E-state index contributed by atoms with van der Waals surface area (Å²) in [5.74, 6) is -0.110. The SMILES string of the molecule is Cc1ccc(C(=O)CS(C)=O)cc1O. The van der Waals surface area contributed by atoms with Crippen molar-refractivity contribution in [3.8, 4) is 5.75 Å². The lowest BCUT2D eigenvalue weighted by Gasteiger charge is -2.02. The molecule has 0 saturated heterocycles. The zero-order chi connectivity index (χ0) is 10.7. The molecule has 1 unspecified atom stereocenters. The lowest BCUT2D eigenvalue weighted by atomic mass is 10.1. The summed E-state index contributed by atoms with van der Waals surface area (Å²) in [4.78, 5) is 11.4. The predicted molar refractivity (Wildman–Crippen MR) is 56.1 cm³/mol. The Balaban J connectivity index is 2.91. The van der Waals surface area contributed by atoms with Crippen molar-refractivity contribution in [3.63, 3.8) is 0 Å². The average Bonchev–Trinajstić information content (AvgIpc) is 2.08. The van der Waals surface area contributed by atoms with Gasteiger partial charge in [0.05, 0.1) is 5.75 Å². The third kappa shape index (κ3) is 2.67. The van der Waals surface area contributed by atoms with E-state index in [1.165, 1.54) is 12.3 Å². The van der Waals surface area contributed by atoms with Crippen molar-refractivity contribution in [2.45, 2.75) is 6.92 Å². The van der Waals surface area contributed by atoms with Gasteiger partial charge in [-0.3, -0.25) is 9.00 Å². The summed E-state index contributed by atoms with van der Waals surface area (Å²) in [5.41, 5.74) is 1.13. The zero-order valence-corrected chi connectivity index (χ0v) is 8.93. The molecule has 14 heavy (non-hydrogen) atoms. The van der Waals surface area contributed by atoms with Crippen molar-refractivity contribution < 1.29 is 14.1 Å². The fraction of sp³-hybridized carbons (Fsp3) is 0.300. The lowest BCUT2D eigenvalue weighted by Crippen LogP contribution is -2.09. The van der Waals surface area contributed by atoms with Crippen molar-refractivity contribution in [2.75, 3.05) is 12.0 Å². The molecule has 4 heteroatoms.